The number of hydrogen-bond donors (Lipinski definition) is 0. The molecule has 1 heterocycles. The molecule has 0 saturated carbocycles. The second kappa shape index (κ2) is 7.22. The number of esters is 1. The minimum atomic E-state index is -0.394. The van der Waals surface area contributed by atoms with Gasteiger partial charge in [-0.3, -0.25) is 4.98 Å². The van der Waals surface area contributed by atoms with E-state index in [1.54, 1.807) is 54.9 Å². The molecule has 0 aliphatic carbocycles. The highest BCUT2D eigenvalue weighted by molar-refractivity contribution is 5.90. The third kappa shape index (κ3) is 4.17. The Morgan fingerprint density at radius 3 is 2.52 bits per heavy atom. The molecule has 4 heteroatoms. The van der Waals surface area contributed by atoms with Gasteiger partial charge in [0.2, 0.25) is 0 Å². The fraction of sp³-hybridized carbons (Fsp3) is 0.0526. The average molecular weight is 305 g/mol. The van der Waals surface area contributed by atoms with Gasteiger partial charge in [-0.1, -0.05) is 30.3 Å². The zero-order valence-corrected chi connectivity index (χ0v) is 12.4. The van der Waals surface area contributed by atoms with Crippen LogP contribution in [0.2, 0.25) is 0 Å². The summed E-state index contributed by atoms with van der Waals surface area (Å²) < 4.78 is 11.1. The smallest absolute Gasteiger partial charge is 0.343 e. The summed E-state index contributed by atoms with van der Waals surface area (Å²) in [5.74, 6) is 0.685. The van der Waals surface area contributed by atoms with Gasteiger partial charge in [-0.15, -0.1) is 0 Å². The van der Waals surface area contributed by atoms with Gasteiger partial charge in [-0.05, 0) is 30.3 Å². The number of carbonyl (C=O) groups is 1. The van der Waals surface area contributed by atoms with Crippen molar-refractivity contribution in [3.05, 3.63) is 90.3 Å². The highest BCUT2D eigenvalue weighted by Crippen LogP contribution is 2.21. The van der Waals surface area contributed by atoms with E-state index in [9.17, 15) is 4.79 Å². The van der Waals surface area contributed by atoms with Crippen LogP contribution < -0.4 is 9.47 Å². The molecule has 0 amide bonds. The van der Waals surface area contributed by atoms with E-state index in [2.05, 4.69) is 4.98 Å². The molecule has 4 nitrogen and oxygen atoms in total. The number of hydrogen-bond acceptors (Lipinski definition) is 4. The van der Waals surface area contributed by atoms with Crippen LogP contribution in [-0.2, 0) is 6.61 Å². The molecule has 23 heavy (non-hydrogen) atoms. The Hall–Kier alpha value is -3.14. The van der Waals surface area contributed by atoms with E-state index in [-0.39, 0.29) is 0 Å². The number of carbonyl (C=O) groups excluding carboxylic acids is 1. The minimum absolute atomic E-state index is 0.394. The highest BCUT2D eigenvalue weighted by Gasteiger charge is 2.08. The van der Waals surface area contributed by atoms with E-state index >= 15 is 0 Å². The van der Waals surface area contributed by atoms with Gasteiger partial charge in [0.05, 0.1) is 5.56 Å². The molecule has 0 spiro atoms. The number of aromatic nitrogens is 1. The van der Waals surface area contributed by atoms with Gasteiger partial charge in [0.25, 0.3) is 0 Å². The van der Waals surface area contributed by atoms with Crippen LogP contribution in [0.25, 0.3) is 0 Å². The summed E-state index contributed by atoms with van der Waals surface area (Å²) >= 11 is 0. The van der Waals surface area contributed by atoms with Crippen molar-refractivity contribution in [3.8, 4) is 11.5 Å². The van der Waals surface area contributed by atoms with Crippen LogP contribution in [0.4, 0.5) is 0 Å². The third-order valence-corrected chi connectivity index (χ3v) is 3.15. The van der Waals surface area contributed by atoms with Crippen molar-refractivity contribution < 1.29 is 14.3 Å². The van der Waals surface area contributed by atoms with Gasteiger partial charge in [-0.25, -0.2) is 4.79 Å². The molecule has 0 fully saturated rings. The molecule has 3 aromatic rings. The molecule has 2 aromatic carbocycles. The van der Waals surface area contributed by atoms with Crippen LogP contribution in [0.5, 0.6) is 11.5 Å². The van der Waals surface area contributed by atoms with Crippen LogP contribution in [0, 0.1) is 0 Å². The molecular formula is C19H15NO3. The first kappa shape index (κ1) is 14.8. The summed E-state index contributed by atoms with van der Waals surface area (Å²) in [4.78, 5) is 16.1. The Balaban J connectivity index is 1.64. The summed E-state index contributed by atoms with van der Waals surface area (Å²) in [7, 11) is 0. The first-order chi connectivity index (χ1) is 11.3. The summed E-state index contributed by atoms with van der Waals surface area (Å²) in [6, 6.07) is 19.7. The lowest BCUT2D eigenvalue weighted by Gasteiger charge is -2.08. The van der Waals surface area contributed by atoms with E-state index in [0.29, 0.717) is 23.7 Å². The number of benzene rings is 2. The Morgan fingerprint density at radius 1 is 0.913 bits per heavy atom. The maximum Gasteiger partial charge on any atom is 0.343 e. The van der Waals surface area contributed by atoms with E-state index in [4.69, 9.17) is 9.47 Å². The van der Waals surface area contributed by atoms with Crippen LogP contribution >= 0.6 is 0 Å². The van der Waals surface area contributed by atoms with Gasteiger partial charge in [-0.2, -0.15) is 0 Å². The van der Waals surface area contributed by atoms with Crippen molar-refractivity contribution in [2.45, 2.75) is 6.61 Å². The van der Waals surface area contributed by atoms with Gasteiger partial charge in [0.1, 0.15) is 18.1 Å². The predicted octanol–water partition coefficient (Wildman–Crippen LogP) is 3.88. The lowest BCUT2D eigenvalue weighted by Crippen LogP contribution is -2.08. The molecule has 0 bridgehead atoms. The van der Waals surface area contributed by atoms with Crippen molar-refractivity contribution in [1.82, 2.24) is 4.98 Å². The maximum absolute atomic E-state index is 12.0. The van der Waals surface area contributed by atoms with Gasteiger partial charge < -0.3 is 9.47 Å². The van der Waals surface area contributed by atoms with Crippen molar-refractivity contribution in [1.29, 1.82) is 0 Å². The summed E-state index contributed by atoms with van der Waals surface area (Å²) in [6.45, 7) is 0.407. The number of nitrogens with zero attached hydrogens (tertiary/aromatic N) is 1. The Bertz CT molecular complexity index is 773. The maximum atomic E-state index is 12.0. The molecule has 0 atom stereocenters. The van der Waals surface area contributed by atoms with Crippen molar-refractivity contribution in [3.63, 3.8) is 0 Å². The number of rotatable bonds is 5. The van der Waals surface area contributed by atoms with E-state index < -0.39 is 5.97 Å². The first-order valence-electron chi connectivity index (χ1n) is 7.20. The largest absolute Gasteiger partial charge is 0.489 e. The zero-order chi connectivity index (χ0) is 15.9. The SMILES string of the molecule is O=C(Oc1cccc(OCc2cccnc2)c1)c1ccccc1. The normalized spacial score (nSPS) is 10.1. The van der Waals surface area contributed by atoms with Gasteiger partial charge in [0, 0.05) is 24.0 Å². The third-order valence-electron chi connectivity index (χ3n) is 3.15. The quantitative estimate of drug-likeness (QED) is 0.530. The lowest BCUT2D eigenvalue weighted by atomic mass is 10.2. The van der Waals surface area contributed by atoms with Gasteiger partial charge in [0.15, 0.2) is 0 Å². The van der Waals surface area contributed by atoms with Crippen LogP contribution in [-0.4, -0.2) is 11.0 Å². The second-order valence-electron chi connectivity index (χ2n) is 4.88. The Morgan fingerprint density at radius 2 is 1.74 bits per heavy atom. The summed E-state index contributed by atoms with van der Waals surface area (Å²) in [6.07, 6.45) is 3.46. The predicted molar refractivity (Wildman–Crippen MR) is 86.4 cm³/mol. The highest BCUT2D eigenvalue weighted by atomic mass is 16.5. The molecule has 0 aliphatic heterocycles. The molecule has 0 radical (unpaired) electrons. The molecule has 3 rings (SSSR count). The minimum Gasteiger partial charge on any atom is -0.489 e. The van der Waals surface area contributed by atoms with Crippen molar-refractivity contribution >= 4 is 5.97 Å². The van der Waals surface area contributed by atoms with E-state index in [1.165, 1.54) is 0 Å². The Labute approximate surface area is 134 Å². The van der Waals surface area contributed by atoms with Crippen molar-refractivity contribution in [2.24, 2.45) is 0 Å². The van der Waals surface area contributed by atoms with Crippen LogP contribution in [0.3, 0.4) is 0 Å². The Kier molecular flexibility index (Phi) is 4.64. The lowest BCUT2D eigenvalue weighted by molar-refractivity contribution is 0.0734. The molecule has 114 valence electrons. The molecular weight excluding hydrogens is 290 g/mol. The van der Waals surface area contributed by atoms with Crippen LogP contribution in [0.15, 0.2) is 79.1 Å². The summed E-state index contributed by atoms with van der Waals surface area (Å²) in [5.41, 5.74) is 1.48. The fourth-order valence-corrected chi connectivity index (χ4v) is 2.02. The average Bonchev–Trinajstić information content (AvgIpc) is 2.62. The zero-order valence-electron chi connectivity index (χ0n) is 12.4. The monoisotopic (exact) mass is 305 g/mol. The molecule has 0 aliphatic rings. The van der Waals surface area contributed by atoms with E-state index in [1.807, 2.05) is 24.3 Å². The number of pyridine rings is 1. The van der Waals surface area contributed by atoms with E-state index in [0.717, 1.165) is 5.56 Å². The first-order valence-corrected chi connectivity index (χ1v) is 7.20. The summed E-state index contributed by atoms with van der Waals surface area (Å²) in [5, 5.41) is 0. The van der Waals surface area contributed by atoms with Crippen molar-refractivity contribution in [2.75, 3.05) is 0 Å². The molecule has 1 aromatic heterocycles. The van der Waals surface area contributed by atoms with Gasteiger partial charge >= 0.3 is 5.97 Å². The molecule has 0 N–H and O–H groups in total. The molecule has 0 unspecified atom stereocenters. The number of ether oxygens (including phenoxy) is 2. The standard InChI is InChI=1S/C19H15NO3/c21-19(16-7-2-1-3-8-16)23-18-10-4-9-17(12-18)22-14-15-6-5-11-20-13-15/h1-13H,14H2. The second-order valence-corrected chi connectivity index (χ2v) is 4.88. The topological polar surface area (TPSA) is 48.4 Å². The molecule has 0 saturated heterocycles. The fourth-order valence-electron chi connectivity index (χ4n) is 2.02. The van der Waals surface area contributed by atoms with Crippen LogP contribution in [0.1, 0.15) is 15.9 Å².